The first kappa shape index (κ1) is 20.4. The van der Waals surface area contributed by atoms with Gasteiger partial charge in [0.25, 0.3) is 0 Å². The van der Waals surface area contributed by atoms with Crippen LogP contribution in [0.3, 0.4) is 0 Å². The summed E-state index contributed by atoms with van der Waals surface area (Å²) in [6.45, 7) is 0. The second-order valence-corrected chi connectivity index (χ2v) is 5.44. The van der Waals surface area contributed by atoms with E-state index in [0.29, 0.717) is 23.8 Å². The van der Waals surface area contributed by atoms with E-state index in [2.05, 4.69) is 19.8 Å². The topological polar surface area (TPSA) is 115 Å². The molecule has 3 aromatic rings. The normalized spacial score (nSPS) is 9.64. The predicted octanol–water partition coefficient (Wildman–Crippen LogP) is 2.81. The van der Waals surface area contributed by atoms with Crippen LogP contribution in [0.1, 0.15) is 31.1 Å². The van der Waals surface area contributed by atoms with Gasteiger partial charge in [-0.15, -0.1) is 0 Å². The molecule has 1 heterocycles. The third-order valence-corrected chi connectivity index (χ3v) is 3.79. The number of ether oxygens (including phenoxy) is 2. The van der Waals surface area contributed by atoms with E-state index in [1.807, 2.05) is 18.3 Å². The Kier molecular flexibility index (Phi) is 7.04. The number of anilines is 1. The summed E-state index contributed by atoms with van der Waals surface area (Å²) in [5, 5.41) is 3.42. The van der Waals surface area contributed by atoms with Gasteiger partial charge >= 0.3 is 11.9 Å². The van der Waals surface area contributed by atoms with Crippen molar-refractivity contribution in [2.24, 2.45) is 0 Å². The molecule has 0 aliphatic heterocycles. The molecule has 1 aromatic heterocycles. The van der Waals surface area contributed by atoms with Crippen LogP contribution < -0.4 is 5.32 Å². The lowest BCUT2D eigenvalue weighted by molar-refractivity contribution is -0.105. The second-order valence-electron chi connectivity index (χ2n) is 5.44. The quantitative estimate of drug-likeness (QED) is 0.518. The highest BCUT2D eigenvalue weighted by Gasteiger charge is 2.09. The van der Waals surface area contributed by atoms with Gasteiger partial charge in [-0.25, -0.2) is 9.59 Å². The molecule has 2 N–H and O–H groups in total. The Morgan fingerprint density at radius 3 is 2.18 bits per heavy atom. The standard InChI is InChI=1S/C10H9NO4.C10H9NO2/c1-15-10(14)7-2-3-8(5-12)9(4-7)11-6-13;1-13-10(12)8-3-2-7-4-5-11-9(7)6-8/h2-6H,1H3,(H,11,13);2-6,11H,1H3. The highest BCUT2D eigenvalue weighted by molar-refractivity contribution is 5.96. The number of nitrogens with one attached hydrogen (secondary N) is 2. The number of aromatic nitrogens is 1. The van der Waals surface area contributed by atoms with Gasteiger partial charge in [-0.05, 0) is 41.8 Å². The number of amides is 1. The molecule has 0 aliphatic rings. The van der Waals surface area contributed by atoms with E-state index < -0.39 is 5.97 Å². The zero-order valence-corrected chi connectivity index (χ0v) is 15.2. The average Bonchev–Trinajstić information content (AvgIpc) is 3.21. The van der Waals surface area contributed by atoms with Gasteiger partial charge in [0.2, 0.25) is 6.41 Å². The number of hydrogen-bond acceptors (Lipinski definition) is 6. The summed E-state index contributed by atoms with van der Waals surface area (Å²) in [7, 11) is 2.63. The number of rotatable bonds is 5. The van der Waals surface area contributed by atoms with Crippen molar-refractivity contribution < 1.29 is 28.7 Å². The van der Waals surface area contributed by atoms with Crippen molar-refractivity contribution >= 4 is 41.2 Å². The van der Waals surface area contributed by atoms with Gasteiger partial charge in [0.05, 0.1) is 31.0 Å². The SMILES string of the molecule is COC(=O)c1ccc(C=O)c(NC=O)c1.COC(=O)c1ccc2cc[nH]c2c1. The Morgan fingerprint density at radius 1 is 0.929 bits per heavy atom. The van der Waals surface area contributed by atoms with Gasteiger partial charge < -0.3 is 19.8 Å². The van der Waals surface area contributed by atoms with Crippen LogP contribution in [0.15, 0.2) is 48.7 Å². The van der Waals surface area contributed by atoms with E-state index in [4.69, 9.17) is 0 Å². The van der Waals surface area contributed by atoms with Crippen molar-refractivity contribution in [3.8, 4) is 0 Å². The number of methoxy groups -OCH3 is 2. The van der Waals surface area contributed by atoms with Crippen LogP contribution >= 0.6 is 0 Å². The molecule has 0 saturated heterocycles. The molecular formula is C20H18N2O6. The number of carbonyl (C=O) groups excluding carboxylic acids is 4. The molecule has 144 valence electrons. The summed E-state index contributed by atoms with van der Waals surface area (Å²) in [6, 6.07) is 11.6. The fourth-order valence-corrected chi connectivity index (χ4v) is 2.39. The lowest BCUT2D eigenvalue weighted by atomic mass is 10.1. The van der Waals surface area contributed by atoms with Gasteiger partial charge in [0.1, 0.15) is 0 Å². The van der Waals surface area contributed by atoms with Crippen molar-refractivity contribution in [3.63, 3.8) is 0 Å². The zero-order valence-electron chi connectivity index (χ0n) is 15.2. The number of fused-ring (bicyclic) bond motifs is 1. The maximum atomic E-state index is 11.1. The lowest BCUT2D eigenvalue weighted by Crippen LogP contribution is -2.04. The first-order valence-corrected chi connectivity index (χ1v) is 8.07. The van der Waals surface area contributed by atoms with Crippen LogP contribution in [0.4, 0.5) is 5.69 Å². The molecule has 1 amide bonds. The molecule has 3 rings (SSSR count). The van der Waals surface area contributed by atoms with E-state index in [9.17, 15) is 19.2 Å². The Balaban J connectivity index is 0.000000202. The monoisotopic (exact) mass is 382 g/mol. The minimum absolute atomic E-state index is 0.271. The van der Waals surface area contributed by atoms with Crippen molar-refractivity contribution in [2.45, 2.75) is 0 Å². The summed E-state index contributed by atoms with van der Waals surface area (Å²) in [4.78, 5) is 46.1. The second kappa shape index (κ2) is 9.67. The molecule has 0 aliphatic carbocycles. The fourth-order valence-electron chi connectivity index (χ4n) is 2.39. The van der Waals surface area contributed by atoms with Gasteiger partial charge in [0.15, 0.2) is 6.29 Å². The molecular weight excluding hydrogens is 364 g/mol. The number of benzene rings is 2. The summed E-state index contributed by atoms with van der Waals surface area (Å²) in [6.07, 6.45) is 2.86. The highest BCUT2D eigenvalue weighted by Crippen LogP contribution is 2.16. The summed E-state index contributed by atoms with van der Waals surface area (Å²) >= 11 is 0. The summed E-state index contributed by atoms with van der Waals surface area (Å²) in [5.41, 5.74) is 2.37. The molecule has 0 radical (unpaired) electrons. The number of H-pyrrole nitrogens is 1. The van der Waals surface area contributed by atoms with Crippen LogP contribution in [0.5, 0.6) is 0 Å². The first-order valence-electron chi connectivity index (χ1n) is 8.07. The minimum atomic E-state index is -0.526. The van der Waals surface area contributed by atoms with E-state index in [1.54, 1.807) is 12.1 Å². The van der Waals surface area contributed by atoms with E-state index in [1.165, 1.54) is 32.4 Å². The molecule has 2 aromatic carbocycles. The number of aromatic amines is 1. The molecule has 28 heavy (non-hydrogen) atoms. The summed E-state index contributed by atoms with van der Waals surface area (Å²) in [5.74, 6) is -0.835. The van der Waals surface area contributed by atoms with Gasteiger partial charge in [0, 0.05) is 17.3 Å². The number of hydrogen-bond donors (Lipinski definition) is 2. The van der Waals surface area contributed by atoms with Crippen LogP contribution in [-0.4, -0.2) is 43.8 Å². The van der Waals surface area contributed by atoms with Crippen LogP contribution in [-0.2, 0) is 14.3 Å². The number of esters is 2. The van der Waals surface area contributed by atoms with E-state index in [0.717, 1.165) is 10.9 Å². The van der Waals surface area contributed by atoms with Crippen LogP contribution in [0.25, 0.3) is 10.9 Å². The average molecular weight is 382 g/mol. The molecule has 0 bridgehead atoms. The lowest BCUT2D eigenvalue weighted by Gasteiger charge is -2.05. The Morgan fingerprint density at radius 2 is 1.57 bits per heavy atom. The Labute approximate surface area is 160 Å². The fraction of sp³-hybridized carbons (Fsp3) is 0.100. The molecule has 8 nitrogen and oxygen atoms in total. The van der Waals surface area contributed by atoms with Crippen molar-refractivity contribution in [2.75, 3.05) is 19.5 Å². The first-order chi connectivity index (χ1) is 13.5. The number of carbonyl (C=O) groups is 4. The Hall–Kier alpha value is -3.94. The number of aldehydes is 1. The van der Waals surface area contributed by atoms with E-state index in [-0.39, 0.29) is 17.2 Å². The third-order valence-electron chi connectivity index (χ3n) is 3.79. The highest BCUT2D eigenvalue weighted by atomic mass is 16.5. The molecule has 0 unspecified atom stereocenters. The molecule has 0 spiro atoms. The van der Waals surface area contributed by atoms with Gasteiger partial charge in [-0.3, -0.25) is 9.59 Å². The third kappa shape index (κ3) is 4.82. The zero-order chi connectivity index (χ0) is 20.5. The maximum Gasteiger partial charge on any atom is 0.337 e. The molecule has 0 atom stereocenters. The Bertz CT molecular complexity index is 1010. The van der Waals surface area contributed by atoms with Gasteiger partial charge in [-0.2, -0.15) is 0 Å². The smallest absolute Gasteiger partial charge is 0.337 e. The van der Waals surface area contributed by atoms with E-state index >= 15 is 0 Å². The molecule has 0 saturated carbocycles. The molecule has 8 heteroatoms. The van der Waals surface area contributed by atoms with Crippen molar-refractivity contribution in [3.05, 3.63) is 65.4 Å². The predicted molar refractivity (Wildman–Crippen MR) is 102 cm³/mol. The van der Waals surface area contributed by atoms with Gasteiger partial charge in [-0.1, -0.05) is 6.07 Å². The van der Waals surface area contributed by atoms with Crippen molar-refractivity contribution in [1.82, 2.24) is 4.98 Å². The van der Waals surface area contributed by atoms with Crippen LogP contribution in [0.2, 0.25) is 0 Å². The van der Waals surface area contributed by atoms with Crippen molar-refractivity contribution in [1.29, 1.82) is 0 Å². The largest absolute Gasteiger partial charge is 0.465 e. The molecule has 0 fully saturated rings. The van der Waals surface area contributed by atoms with Crippen LogP contribution in [0, 0.1) is 0 Å². The maximum absolute atomic E-state index is 11.1. The minimum Gasteiger partial charge on any atom is -0.465 e. The summed E-state index contributed by atoms with van der Waals surface area (Å²) < 4.78 is 9.11.